The molecule has 3 aromatic rings. The smallest absolute Gasteiger partial charge is 0.338 e. The summed E-state index contributed by atoms with van der Waals surface area (Å²) in [4.78, 5) is 24.5. The second-order valence-corrected chi connectivity index (χ2v) is 9.13. The van der Waals surface area contributed by atoms with Crippen molar-refractivity contribution in [3.05, 3.63) is 107 Å². The zero-order valence-electron chi connectivity index (χ0n) is 17.9. The largest absolute Gasteiger partial charge is 0.462 e. The molecule has 0 bridgehead atoms. The number of ketones is 1. The van der Waals surface area contributed by atoms with E-state index in [0.29, 0.717) is 22.5 Å². The van der Waals surface area contributed by atoms with Crippen LogP contribution in [0.25, 0.3) is 0 Å². The van der Waals surface area contributed by atoms with Crippen LogP contribution in [0, 0.1) is 0 Å². The van der Waals surface area contributed by atoms with Crippen molar-refractivity contribution < 1.29 is 22.7 Å². The van der Waals surface area contributed by atoms with Crippen LogP contribution in [-0.2, 0) is 21.3 Å². The van der Waals surface area contributed by atoms with Crippen LogP contribution in [-0.4, -0.2) is 26.8 Å². The molecule has 0 atom stereocenters. The number of hydrogen-bond acceptors (Lipinski definition) is 6. The van der Waals surface area contributed by atoms with Crippen LogP contribution in [0.1, 0.15) is 33.2 Å². The fourth-order valence-corrected chi connectivity index (χ4v) is 5.03. The molecule has 0 radical (unpaired) electrons. The van der Waals surface area contributed by atoms with Crippen molar-refractivity contribution in [2.45, 2.75) is 13.5 Å². The number of nitrogens with zero attached hydrogens (tertiary/aromatic N) is 1. The molecule has 1 N–H and O–H groups in total. The van der Waals surface area contributed by atoms with Gasteiger partial charge in [-0.05, 0) is 48.9 Å². The van der Waals surface area contributed by atoms with Crippen molar-refractivity contribution in [3.8, 4) is 0 Å². The van der Waals surface area contributed by atoms with Crippen molar-refractivity contribution in [2.24, 2.45) is 0 Å². The molecule has 1 aliphatic rings. The van der Waals surface area contributed by atoms with E-state index in [0.717, 1.165) is 5.56 Å². The second kappa shape index (κ2) is 9.30. The Morgan fingerprint density at radius 2 is 1.64 bits per heavy atom. The van der Waals surface area contributed by atoms with Gasteiger partial charge in [0.25, 0.3) is 10.0 Å². The summed E-state index contributed by atoms with van der Waals surface area (Å²) in [5.74, 6) is -1.02. The minimum atomic E-state index is -4.12. The predicted octanol–water partition coefficient (Wildman–Crippen LogP) is 4.35. The molecule has 7 nitrogen and oxygen atoms in total. The highest BCUT2D eigenvalue weighted by atomic mass is 32.2. The maximum Gasteiger partial charge on any atom is 0.338 e. The van der Waals surface area contributed by atoms with Crippen molar-refractivity contribution >= 4 is 33.2 Å². The normalized spacial score (nSPS) is 15.7. The maximum atomic E-state index is 13.5. The number of sulfonamides is 1. The molecule has 0 unspecified atom stereocenters. The first-order valence-electron chi connectivity index (χ1n) is 10.4. The number of hydrogen-bond donors (Lipinski definition) is 1. The number of carbonyl (C=O) groups excluding carboxylic acids is 2. The molecule has 0 saturated heterocycles. The summed E-state index contributed by atoms with van der Waals surface area (Å²) in [6, 6.07) is 22.2. The van der Waals surface area contributed by atoms with Gasteiger partial charge in [-0.15, -0.1) is 0 Å². The fourth-order valence-electron chi connectivity index (χ4n) is 3.51. The third-order valence-electron chi connectivity index (χ3n) is 5.14. The number of para-hydroxylation sites is 1. The lowest BCUT2D eigenvalue weighted by Crippen LogP contribution is -2.39. The Morgan fingerprint density at radius 3 is 2.33 bits per heavy atom. The van der Waals surface area contributed by atoms with Gasteiger partial charge in [0.2, 0.25) is 5.78 Å². The Balaban J connectivity index is 1.67. The molecule has 0 aliphatic carbocycles. The molecular weight excluding hydrogens is 440 g/mol. The van der Waals surface area contributed by atoms with Crippen LogP contribution in [0.3, 0.4) is 0 Å². The Morgan fingerprint density at radius 1 is 0.970 bits per heavy atom. The number of nitrogens with one attached hydrogen (secondary N) is 1. The highest BCUT2D eigenvalue weighted by Gasteiger charge is 2.40. The van der Waals surface area contributed by atoms with Gasteiger partial charge in [0.1, 0.15) is 0 Å². The lowest BCUT2D eigenvalue weighted by molar-refractivity contribution is 0.0526. The average Bonchev–Trinajstić information content (AvgIpc) is 2.83. The van der Waals surface area contributed by atoms with Crippen LogP contribution < -0.4 is 9.62 Å². The zero-order valence-corrected chi connectivity index (χ0v) is 18.7. The molecule has 1 aliphatic heterocycles. The van der Waals surface area contributed by atoms with Gasteiger partial charge < -0.3 is 10.1 Å². The summed E-state index contributed by atoms with van der Waals surface area (Å²) in [5, 5.41) is 2.87. The van der Waals surface area contributed by atoms with Crippen molar-refractivity contribution in [2.75, 3.05) is 16.2 Å². The monoisotopic (exact) mass is 462 g/mol. The summed E-state index contributed by atoms with van der Waals surface area (Å²) in [6.07, 6.45) is 1.20. The first-order valence-corrected chi connectivity index (χ1v) is 11.8. The van der Waals surface area contributed by atoms with Gasteiger partial charge >= 0.3 is 5.97 Å². The topological polar surface area (TPSA) is 92.8 Å². The van der Waals surface area contributed by atoms with E-state index in [-0.39, 0.29) is 18.1 Å². The quantitative estimate of drug-likeness (QED) is 0.433. The Bertz CT molecular complexity index is 1320. The van der Waals surface area contributed by atoms with Gasteiger partial charge in [0.15, 0.2) is 4.91 Å². The van der Waals surface area contributed by atoms with Crippen LogP contribution >= 0.6 is 0 Å². The van der Waals surface area contributed by atoms with E-state index in [1.165, 1.54) is 10.5 Å². The number of rotatable bonds is 6. The molecule has 0 spiro atoms. The molecule has 0 saturated carbocycles. The number of anilines is 2. The minimum absolute atomic E-state index is 0.0963. The van der Waals surface area contributed by atoms with Gasteiger partial charge in [0, 0.05) is 17.5 Å². The van der Waals surface area contributed by atoms with E-state index < -0.39 is 21.8 Å². The fraction of sp³-hybridized carbons (Fsp3) is 0.120. The van der Waals surface area contributed by atoms with Crippen molar-refractivity contribution in [1.29, 1.82) is 0 Å². The molecule has 168 valence electrons. The molecule has 33 heavy (non-hydrogen) atoms. The summed E-state index contributed by atoms with van der Waals surface area (Å²) in [7, 11) is -4.12. The minimum Gasteiger partial charge on any atom is -0.462 e. The number of allylic oxidation sites excluding steroid dienone is 1. The predicted molar refractivity (Wildman–Crippen MR) is 126 cm³/mol. The van der Waals surface area contributed by atoms with Crippen LogP contribution in [0.15, 0.2) is 90.0 Å². The summed E-state index contributed by atoms with van der Waals surface area (Å²) in [5.41, 5.74) is 2.36. The number of esters is 1. The summed E-state index contributed by atoms with van der Waals surface area (Å²) in [6.45, 7) is 2.09. The van der Waals surface area contributed by atoms with Crippen LogP contribution in [0.5, 0.6) is 0 Å². The molecule has 4 rings (SSSR count). The van der Waals surface area contributed by atoms with Gasteiger partial charge in [0.05, 0.1) is 24.4 Å². The van der Waals surface area contributed by atoms with Gasteiger partial charge in [-0.3, -0.25) is 9.10 Å². The lowest BCUT2D eigenvalue weighted by atomic mass is 10.1. The van der Waals surface area contributed by atoms with E-state index in [1.54, 1.807) is 55.5 Å². The van der Waals surface area contributed by atoms with E-state index in [4.69, 9.17) is 4.74 Å². The van der Waals surface area contributed by atoms with Crippen molar-refractivity contribution in [3.63, 3.8) is 0 Å². The molecule has 0 fully saturated rings. The number of ether oxygens (including phenoxy) is 1. The van der Waals surface area contributed by atoms with E-state index in [2.05, 4.69) is 5.32 Å². The average molecular weight is 463 g/mol. The Labute approximate surface area is 192 Å². The maximum absolute atomic E-state index is 13.5. The highest BCUT2D eigenvalue weighted by molar-refractivity contribution is 7.97. The number of benzene rings is 3. The molecule has 0 aromatic heterocycles. The van der Waals surface area contributed by atoms with Crippen LogP contribution in [0.4, 0.5) is 11.4 Å². The van der Waals surface area contributed by atoms with Gasteiger partial charge in [-0.1, -0.05) is 42.5 Å². The number of fused-ring (bicyclic) bond motifs is 1. The highest BCUT2D eigenvalue weighted by Crippen LogP contribution is 2.36. The Hall–Kier alpha value is -3.91. The SMILES string of the molecule is CCOC(=O)c1ccc(N/C=C2/C(=O)c3ccccc3N(Cc3ccccc3)S2(=O)=O)cc1. The standard InChI is InChI=1S/C25H22N2O5S/c1-2-32-25(29)19-12-14-20(15-13-19)26-16-23-24(28)21-10-6-7-11-22(21)27(33(23,30)31)17-18-8-4-3-5-9-18/h3-16,26H,2,17H2,1H3/b23-16-. The number of Topliss-reactive ketones (excluding diaryl/α,β-unsaturated/α-hetero) is 1. The lowest BCUT2D eigenvalue weighted by Gasteiger charge is -2.31. The summed E-state index contributed by atoms with van der Waals surface area (Å²) >= 11 is 0. The van der Waals surface area contributed by atoms with E-state index >= 15 is 0 Å². The first kappa shape index (κ1) is 22.3. The third-order valence-corrected chi connectivity index (χ3v) is 6.91. The molecular formula is C25H22N2O5S. The molecule has 8 heteroatoms. The van der Waals surface area contributed by atoms with Crippen LogP contribution in [0.2, 0.25) is 0 Å². The van der Waals surface area contributed by atoms with Gasteiger partial charge in [-0.25, -0.2) is 13.2 Å². The molecule has 0 amide bonds. The Kier molecular flexibility index (Phi) is 6.28. The molecule has 1 heterocycles. The third kappa shape index (κ3) is 4.51. The van der Waals surface area contributed by atoms with Crippen molar-refractivity contribution in [1.82, 2.24) is 0 Å². The second-order valence-electron chi connectivity index (χ2n) is 7.29. The van der Waals surface area contributed by atoms with E-state index in [1.807, 2.05) is 30.3 Å². The van der Waals surface area contributed by atoms with E-state index in [9.17, 15) is 18.0 Å². The molecule has 3 aromatic carbocycles. The van der Waals surface area contributed by atoms with Gasteiger partial charge in [-0.2, -0.15) is 0 Å². The number of carbonyl (C=O) groups is 2. The zero-order chi connectivity index (χ0) is 23.4. The first-order chi connectivity index (χ1) is 15.9. The summed E-state index contributed by atoms with van der Waals surface area (Å²) < 4.78 is 33.1.